The van der Waals surface area contributed by atoms with Gasteiger partial charge in [-0.25, -0.2) is 0 Å². The van der Waals surface area contributed by atoms with Crippen molar-refractivity contribution in [3.05, 3.63) is 0 Å². The van der Waals surface area contributed by atoms with Crippen molar-refractivity contribution in [2.45, 2.75) is 13.8 Å². The standard InChI is InChI=1S/C3H6O.BF4.Li/c1-3(2)4;2-1(3,4)5;/h1-2H3;;/q;-1;+1. The van der Waals surface area contributed by atoms with Crippen LogP contribution in [-0.2, 0) is 4.79 Å². The molecule has 7 heteroatoms. The molecular weight excluding hydrogens is 146 g/mol. The predicted molar refractivity (Wildman–Crippen MR) is 26.5 cm³/mol. The van der Waals surface area contributed by atoms with E-state index in [-0.39, 0.29) is 24.6 Å². The van der Waals surface area contributed by atoms with Gasteiger partial charge in [0.25, 0.3) is 0 Å². The third kappa shape index (κ3) is 146000. The van der Waals surface area contributed by atoms with Gasteiger partial charge in [-0.05, 0) is 13.8 Å². The van der Waals surface area contributed by atoms with E-state index in [0.717, 1.165) is 0 Å². The maximum atomic E-state index is 9.75. The molecule has 1 nitrogen and oxygen atoms in total. The number of ketones is 1. The summed E-state index contributed by atoms with van der Waals surface area (Å²) in [7, 11) is -6.00. The van der Waals surface area contributed by atoms with Gasteiger partial charge < -0.3 is 22.1 Å². The van der Waals surface area contributed by atoms with Crippen molar-refractivity contribution in [2.24, 2.45) is 0 Å². The molecule has 0 heterocycles. The largest absolute Gasteiger partial charge is 1.00 e. The second kappa shape index (κ2) is 7.16. The smallest absolute Gasteiger partial charge is 0.418 e. The minimum Gasteiger partial charge on any atom is -0.418 e. The first-order valence-electron chi connectivity index (χ1n) is 2.08. The number of hydrogen-bond acceptors (Lipinski definition) is 1. The fourth-order valence-electron chi connectivity index (χ4n) is 0. The average Bonchev–Trinajstić information content (AvgIpc) is 1.19. The van der Waals surface area contributed by atoms with Crippen molar-refractivity contribution < 1.29 is 40.9 Å². The molecule has 0 amide bonds. The van der Waals surface area contributed by atoms with E-state index in [0.29, 0.717) is 0 Å². The van der Waals surface area contributed by atoms with Gasteiger partial charge in [0.15, 0.2) is 0 Å². The monoisotopic (exact) mass is 152 g/mol. The Labute approximate surface area is 68.5 Å². The Morgan fingerprint density at radius 3 is 1.10 bits per heavy atom. The van der Waals surface area contributed by atoms with Crippen molar-refractivity contribution in [3.63, 3.8) is 0 Å². The topological polar surface area (TPSA) is 17.1 Å². The number of carbonyl (C=O) groups is 1. The number of Topliss-reactive ketones (excluding diaryl/α,β-unsaturated/α-hetero) is 1. The molecule has 0 aliphatic heterocycles. The average molecular weight is 152 g/mol. The van der Waals surface area contributed by atoms with Crippen molar-refractivity contribution in [2.75, 3.05) is 0 Å². The summed E-state index contributed by atoms with van der Waals surface area (Å²) in [5.74, 6) is 0.167. The van der Waals surface area contributed by atoms with E-state index in [9.17, 15) is 22.1 Å². The summed E-state index contributed by atoms with van der Waals surface area (Å²) in [6.45, 7) is 3.06. The zero-order valence-electron chi connectivity index (χ0n) is 6.00. The van der Waals surface area contributed by atoms with Crippen LogP contribution in [0, 0.1) is 0 Å². The van der Waals surface area contributed by atoms with Gasteiger partial charge in [0.2, 0.25) is 0 Å². The van der Waals surface area contributed by atoms with E-state index < -0.39 is 7.25 Å². The van der Waals surface area contributed by atoms with E-state index in [2.05, 4.69) is 0 Å². The van der Waals surface area contributed by atoms with Crippen LogP contribution >= 0.6 is 0 Å². The molecule has 0 saturated carbocycles. The molecule has 0 fully saturated rings. The number of rotatable bonds is 0. The van der Waals surface area contributed by atoms with Gasteiger partial charge in [-0.1, -0.05) is 0 Å². The SMILES string of the molecule is CC(C)=O.F[B-](F)(F)F.[Li+]. The first kappa shape index (κ1) is 16.6. The molecular formula is C3H6BF4LiO. The Morgan fingerprint density at radius 2 is 1.10 bits per heavy atom. The molecule has 10 heavy (non-hydrogen) atoms. The van der Waals surface area contributed by atoms with Gasteiger partial charge in [-0.3, -0.25) is 0 Å². The van der Waals surface area contributed by atoms with Crippen LogP contribution in [0.4, 0.5) is 17.3 Å². The molecule has 0 aromatic carbocycles. The van der Waals surface area contributed by atoms with Crippen LogP contribution in [0.2, 0.25) is 0 Å². The van der Waals surface area contributed by atoms with Crippen LogP contribution in [0.15, 0.2) is 0 Å². The normalized spacial score (nSPS) is 8.60. The molecule has 0 N–H and O–H groups in total. The number of hydrogen-bond donors (Lipinski definition) is 0. The molecule has 0 rings (SSSR count). The molecule has 0 radical (unpaired) electrons. The van der Waals surface area contributed by atoms with Crippen molar-refractivity contribution in [1.29, 1.82) is 0 Å². The molecule has 56 valence electrons. The second-order valence-electron chi connectivity index (χ2n) is 1.40. The summed E-state index contributed by atoms with van der Waals surface area (Å²) in [5.41, 5.74) is 0. The molecule has 0 aromatic heterocycles. The molecule has 0 aliphatic rings. The molecule has 0 atom stereocenters. The van der Waals surface area contributed by atoms with Crippen molar-refractivity contribution in [3.8, 4) is 0 Å². The zero-order valence-corrected chi connectivity index (χ0v) is 6.00. The summed E-state index contributed by atoms with van der Waals surface area (Å²) >= 11 is 0. The first-order chi connectivity index (χ1) is 3.73. The fraction of sp³-hybridized carbons (Fsp3) is 0.667. The zero-order chi connectivity index (χ0) is 8.08. The number of carbonyl (C=O) groups excluding carboxylic acids is 1. The van der Waals surface area contributed by atoms with Gasteiger partial charge in [-0.2, -0.15) is 0 Å². The molecule has 0 unspecified atom stereocenters. The third-order valence-corrected chi connectivity index (χ3v) is 0. The minimum absolute atomic E-state index is 0. The van der Waals surface area contributed by atoms with E-state index in [1.54, 1.807) is 0 Å². The second-order valence-corrected chi connectivity index (χ2v) is 1.40. The third-order valence-electron chi connectivity index (χ3n) is 0. The van der Waals surface area contributed by atoms with Crippen LogP contribution in [0.25, 0.3) is 0 Å². The van der Waals surface area contributed by atoms with E-state index >= 15 is 0 Å². The van der Waals surface area contributed by atoms with Gasteiger partial charge in [0.1, 0.15) is 5.78 Å². The number of halogens is 4. The molecule has 0 saturated heterocycles. The molecule has 0 aromatic rings. The summed E-state index contributed by atoms with van der Waals surface area (Å²) in [5, 5.41) is 0. The van der Waals surface area contributed by atoms with Crippen LogP contribution in [0.1, 0.15) is 13.8 Å². The van der Waals surface area contributed by atoms with Crippen LogP contribution in [0.3, 0.4) is 0 Å². The van der Waals surface area contributed by atoms with Gasteiger partial charge >= 0.3 is 26.1 Å². The van der Waals surface area contributed by atoms with Crippen molar-refractivity contribution >= 4 is 13.0 Å². The molecule has 0 spiro atoms. The van der Waals surface area contributed by atoms with Crippen LogP contribution in [-0.4, -0.2) is 13.0 Å². The van der Waals surface area contributed by atoms with Crippen LogP contribution < -0.4 is 18.9 Å². The minimum atomic E-state index is -6.00. The fourth-order valence-corrected chi connectivity index (χ4v) is 0. The maximum Gasteiger partial charge on any atom is 1.00 e. The van der Waals surface area contributed by atoms with Crippen molar-refractivity contribution in [1.82, 2.24) is 0 Å². The summed E-state index contributed by atoms with van der Waals surface area (Å²) < 4.78 is 39.0. The first-order valence-corrected chi connectivity index (χ1v) is 2.08. The Hall–Kier alpha value is 0.0523. The van der Waals surface area contributed by atoms with Gasteiger partial charge in [0.05, 0.1) is 0 Å². The van der Waals surface area contributed by atoms with E-state index in [1.165, 1.54) is 13.8 Å². The predicted octanol–water partition coefficient (Wildman–Crippen LogP) is -1.10. The Bertz CT molecular complexity index is 83.0. The summed E-state index contributed by atoms with van der Waals surface area (Å²) in [6.07, 6.45) is 0. The summed E-state index contributed by atoms with van der Waals surface area (Å²) in [6, 6.07) is 0. The van der Waals surface area contributed by atoms with Crippen LogP contribution in [0.5, 0.6) is 0 Å². The quantitative estimate of drug-likeness (QED) is 0.318. The Kier molecular flexibility index (Phi) is 11.9. The van der Waals surface area contributed by atoms with Gasteiger partial charge in [0, 0.05) is 0 Å². The van der Waals surface area contributed by atoms with E-state index in [1.807, 2.05) is 0 Å². The Balaban J connectivity index is -0.0000000910. The Morgan fingerprint density at radius 1 is 1.10 bits per heavy atom. The summed E-state index contributed by atoms with van der Waals surface area (Å²) in [4.78, 5) is 9.44. The molecule has 0 bridgehead atoms. The van der Waals surface area contributed by atoms with Gasteiger partial charge in [-0.15, -0.1) is 0 Å². The molecule has 0 aliphatic carbocycles. The maximum absolute atomic E-state index is 9.75. The van der Waals surface area contributed by atoms with E-state index in [4.69, 9.17) is 0 Å².